The van der Waals surface area contributed by atoms with Crippen molar-refractivity contribution in [3.05, 3.63) is 113 Å². The van der Waals surface area contributed by atoms with Crippen LogP contribution in [0.4, 0.5) is 11.4 Å². The van der Waals surface area contributed by atoms with E-state index in [1.54, 1.807) is 12.3 Å². The van der Waals surface area contributed by atoms with Crippen LogP contribution in [0.1, 0.15) is 56.3 Å². The molecule has 196 valence electrons. The van der Waals surface area contributed by atoms with Crippen molar-refractivity contribution in [2.75, 3.05) is 10.6 Å². The molecular formula is C31H30ClN7. The van der Waals surface area contributed by atoms with Crippen LogP contribution in [0.3, 0.4) is 0 Å². The maximum absolute atomic E-state index is 9.99. The summed E-state index contributed by atoms with van der Waals surface area (Å²) in [6.45, 7) is 2.11. The number of nitrogens with one attached hydrogen (secondary N) is 4. The number of halogens is 1. The number of rotatable bonds is 9. The minimum atomic E-state index is -1.35. The molecule has 1 aliphatic carbocycles. The van der Waals surface area contributed by atoms with Gasteiger partial charge in [-0.15, -0.1) is 5.53 Å². The number of aromatic nitrogens is 1. The molecule has 1 fully saturated rings. The van der Waals surface area contributed by atoms with E-state index in [0.29, 0.717) is 44.6 Å². The number of hydrogen-bond donors (Lipinski definition) is 4. The van der Waals surface area contributed by atoms with E-state index in [-0.39, 0.29) is 6.04 Å². The second-order valence-corrected chi connectivity index (χ2v) is 10.2. The second kappa shape index (κ2) is 10.9. The summed E-state index contributed by atoms with van der Waals surface area (Å²) in [6.07, 6.45) is 6.58. The number of hydrogen-bond acceptors (Lipinski definition) is 7. The normalized spacial score (nSPS) is 17.4. The Morgan fingerprint density at radius 3 is 2.49 bits per heavy atom. The summed E-state index contributed by atoms with van der Waals surface area (Å²) in [4.78, 5) is 4.52. The quantitative estimate of drug-likeness (QED) is 0.187. The van der Waals surface area contributed by atoms with Crippen LogP contribution in [0.25, 0.3) is 10.9 Å². The van der Waals surface area contributed by atoms with E-state index in [4.69, 9.17) is 11.6 Å². The number of benzene rings is 3. The van der Waals surface area contributed by atoms with Crippen LogP contribution in [-0.4, -0.2) is 16.0 Å². The molecule has 8 heteroatoms. The first-order valence-electron chi connectivity index (χ1n) is 13.7. The summed E-state index contributed by atoms with van der Waals surface area (Å²) in [5.74, 6) is 0. The molecule has 6 rings (SSSR count). The first-order valence-corrected chi connectivity index (χ1v) is 13.6. The number of nitrogens with zero attached hydrogens (tertiary/aromatic N) is 3. The van der Waals surface area contributed by atoms with Crippen molar-refractivity contribution in [2.24, 2.45) is 0 Å². The molecule has 7 nitrogen and oxygen atoms in total. The molecule has 1 aromatic heterocycles. The molecule has 4 aromatic rings. The lowest BCUT2D eigenvalue weighted by atomic mass is 10.0. The third-order valence-electron chi connectivity index (χ3n) is 7.10. The maximum Gasteiger partial charge on any atom is 0.103 e. The van der Waals surface area contributed by atoms with Gasteiger partial charge in [0.2, 0.25) is 0 Å². The summed E-state index contributed by atoms with van der Waals surface area (Å²) in [7, 11) is 0. The number of pyridine rings is 1. The summed E-state index contributed by atoms with van der Waals surface area (Å²) in [5, 5.41) is 20.2. The third-order valence-corrected chi connectivity index (χ3v) is 7.39. The van der Waals surface area contributed by atoms with E-state index in [0.717, 1.165) is 30.4 Å². The van der Waals surface area contributed by atoms with Crippen LogP contribution in [0.15, 0.2) is 90.9 Å². The smallest absolute Gasteiger partial charge is 0.103 e. The first kappa shape index (κ1) is 23.8. The van der Waals surface area contributed by atoms with Crippen molar-refractivity contribution in [3.63, 3.8) is 0 Å². The lowest BCUT2D eigenvalue weighted by Gasteiger charge is -2.23. The lowest BCUT2D eigenvalue weighted by molar-refractivity contribution is 0.260. The van der Waals surface area contributed by atoms with Gasteiger partial charge in [0.15, 0.2) is 0 Å². The highest BCUT2D eigenvalue weighted by Gasteiger charge is 2.32. The van der Waals surface area contributed by atoms with Gasteiger partial charge in [0.1, 0.15) is 6.07 Å². The van der Waals surface area contributed by atoms with Gasteiger partial charge in [-0.05, 0) is 42.5 Å². The van der Waals surface area contributed by atoms with Crippen molar-refractivity contribution in [1.29, 1.82) is 5.26 Å². The maximum atomic E-state index is 9.99. The Morgan fingerprint density at radius 1 is 1.10 bits per heavy atom. The van der Waals surface area contributed by atoms with E-state index in [9.17, 15) is 6.63 Å². The van der Waals surface area contributed by atoms with Crippen molar-refractivity contribution in [2.45, 2.75) is 44.3 Å². The van der Waals surface area contributed by atoms with E-state index in [2.05, 4.69) is 51.7 Å². The van der Waals surface area contributed by atoms with Crippen LogP contribution in [0, 0.1) is 11.3 Å². The average molecular weight is 537 g/mol. The largest absolute Gasteiger partial charge is 0.377 e. The van der Waals surface area contributed by atoms with Crippen LogP contribution in [0.5, 0.6) is 0 Å². The minimum absolute atomic E-state index is 0.0128. The highest BCUT2D eigenvalue weighted by atomic mass is 35.5. The average Bonchev–Trinajstić information content (AvgIpc) is 3.72. The zero-order valence-corrected chi connectivity index (χ0v) is 22.3. The fourth-order valence-electron chi connectivity index (χ4n) is 4.90. The second-order valence-electron chi connectivity index (χ2n) is 9.81. The van der Waals surface area contributed by atoms with Gasteiger partial charge in [0.25, 0.3) is 0 Å². The van der Waals surface area contributed by atoms with Crippen molar-refractivity contribution < 1.29 is 1.37 Å². The van der Waals surface area contributed by atoms with Gasteiger partial charge in [-0.1, -0.05) is 79.2 Å². The molecule has 4 N–H and O–H groups in total. The molecule has 0 spiro atoms. The molecule has 2 atom stereocenters. The molecule has 2 heterocycles. The molecule has 0 bridgehead atoms. The van der Waals surface area contributed by atoms with E-state index < -0.39 is 6.02 Å². The Hall–Kier alpha value is -4.25. The van der Waals surface area contributed by atoms with Crippen molar-refractivity contribution in [1.82, 2.24) is 21.0 Å². The monoisotopic (exact) mass is 536 g/mol. The lowest BCUT2D eigenvalue weighted by Crippen LogP contribution is -2.38. The van der Waals surface area contributed by atoms with Crippen molar-refractivity contribution in [3.8, 4) is 6.07 Å². The number of hydrazine groups is 2. The Labute approximate surface area is 234 Å². The third kappa shape index (κ3) is 5.22. The molecular weight excluding hydrogens is 506 g/mol. The predicted octanol–water partition coefficient (Wildman–Crippen LogP) is 6.80. The summed E-state index contributed by atoms with van der Waals surface area (Å²) in [6, 6.07) is 24.9. The Kier molecular flexibility index (Phi) is 6.63. The standard InChI is InChI=1S/C31H30ClN7/c1-2-27(20-9-5-3-6-10-20)36-29-22(17-33)18-34-31-25(29)15-23(16-26(31)32)35-30(21-11-7-4-8-12-21)28-19-39(38-37-28)24-13-14-24/h3-12,15-16,18-19,24,27,30,35,37-38H,2,13-14H2,1H3,(H,34,36)/t27-,30+/m1/s1/i30D. The molecule has 0 unspecified atom stereocenters. The molecule has 1 aliphatic heterocycles. The molecule has 1 saturated carbocycles. The summed E-state index contributed by atoms with van der Waals surface area (Å²) < 4.78 is 9.68. The fourth-order valence-corrected chi connectivity index (χ4v) is 5.17. The predicted molar refractivity (Wildman–Crippen MR) is 157 cm³/mol. The minimum Gasteiger partial charge on any atom is -0.377 e. The first-order chi connectivity index (χ1) is 19.5. The van der Waals surface area contributed by atoms with Crippen molar-refractivity contribution >= 4 is 33.9 Å². The topological polar surface area (TPSA) is 88.0 Å². The fraction of sp³-hybridized carbons (Fsp3) is 0.226. The zero-order chi connectivity index (χ0) is 27.7. The number of fused-ring (bicyclic) bond motifs is 1. The number of nitriles is 1. The summed E-state index contributed by atoms with van der Waals surface area (Å²) >= 11 is 6.80. The van der Waals surface area contributed by atoms with Gasteiger partial charge in [-0.2, -0.15) is 5.26 Å². The highest BCUT2D eigenvalue weighted by molar-refractivity contribution is 6.35. The molecule has 0 amide bonds. The van der Waals surface area contributed by atoms with Gasteiger partial charge in [0, 0.05) is 29.5 Å². The van der Waals surface area contributed by atoms with Gasteiger partial charge >= 0.3 is 0 Å². The van der Waals surface area contributed by atoms with Gasteiger partial charge < -0.3 is 16.1 Å². The van der Waals surface area contributed by atoms with Crippen LogP contribution >= 0.6 is 11.6 Å². The number of anilines is 2. The molecule has 0 saturated heterocycles. The zero-order valence-electron chi connectivity index (χ0n) is 22.6. The van der Waals surface area contributed by atoms with E-state index in [1.807, 2.05) is 65.8 Å². The van der Waals surface area contributed by atoms with Crippen LogP contribution < -0.4 is 21.6 Å². The Balaban J connectivity index is 1.44. The molecule has 3 aromatic carbocycles. The molecule has 0 radical (unpaired) electrons. The Bertz CT molecular complexity index is 1600. The van der Waals surface area contributed by atoms with Crippen LogP contribution in [0.2, 0.25) is 5.02 Å². The molecule has 2 aliphatic rings. The SMILES string of the molecule is [2H][C@@](Nc1cc(Cl)c2ncc(C#N)c(N[C@H](CC)c3ccccc3)c2c1)(C1=CN(C2CC2)NN1)c1ccccc1. The van der Waals surface area contributed by atoms with Gasteiger partial charge in [0.05, 0.1) is 40.9 Å². The highest BCUT2D eigenvalue weighted by Crippen LogP contribution is 2.38. The van der Waals surface area contributed by atoms with Gasteiger partial charge in [-0.25, -0.2) is 0 Å². The van der Waals surface area contributed by atoms with E-state index >= 15 is 0 Å². The Morgan fingerprint density at radius 2 is 1.82 bits per heavy atom. The van der Waals surface area contributed by atoms with Crippen LogP contribution in [-0.2, 0) is 0 Å². The van der Waals surface area contributed by atoms with Gasteiger partial charge in [-0.3, -0.25) is 9.99 Å². The summed E-state index contributed by atoms with van der Waals surface area (Å²) in [5.41, 5.74) is 11.3. The molecule has 39 heavy (non-hydrogen) atoms. The van der Waals surface area contributed by atoms with E-state index in [1.165, 1.54) is 0 Å².